The Bertz CT molecular complexity index is 549. The highest BCUT2D eigenvalue weighted by atomic mass is 35.5. The number of anilines is 1. The molecule has 1 heterocycles. The molecule has 0 aliphatic carbocycles. The minimum absolute atomic E-state index is 0.0156. The van der Waals surface area contributed by atoms with Crippen LogP contribution in [0.25, 0.3) is 10.9 Å². The minimum Gasteiger partial charge on any atom is -0.380 e. The maximum absolute atomic E-state index is 5.85. The van der Waals surface area contributed by atoms with Crippen molar-refractivity contribution >= 4 is 28.2 Å². The van der Waals surface area contributed by atoms with Crippen LogP contribution >= 0.6 is 11.6 Å². The van der Waals surface area contributed by atoms with Crippen molar-refractivity contribution in [3.8, 4) is 0 Å². The lowest BCUT2D eigenvalue weighted by Gasteiger charge is -2.27. The molecule has 0 spiro atoms. The van der Waals surface area contributed by atoms with Gasteiger partial charge in [0.2, 0.25) is 0 Å². The van der Waals surface area contributed by atoms with Crippen LogP contribution in [-0.2, 0) is 0 Å². The van der Waals surface area contributed by atoms with E-state index in [2.05, 4.69) is 36.3 Å². The third-order valence-electron chi connectivity index (χ3n) is 3.04. The fourth-order valence-corrected chi connectivity index (χ4v) is 2.55. The number of benzene rings is 1. The molecule has 0 fully saturated rings. The number of pyridine rings is 1. The van der Waals surface area contributed by atoms with E-state index in [0.717, 1.165) is 28.7 Å². The molecule has 1 aromatic carbocycles. The zero-order valence-electron chi connectivity index (χ0n) is 11.1. The Hall–Kier alpha value is -1.28. The fraction of sp³-hybridized carbons (Fsp3) is 0.400. The summed E-state index contributed by atoms with van der Waals surface area (Å²) in [4.78, 5) is 4.55. The van der Waals surface area contributed by atoms with Gasteiger partial charge >= 0.3 is 0 Å². The van der Waals surface area contributed by atoms with Crippen molar-refractivity contribution in [2.45, 2.75) is 32.7 Å². The van der Waals surface area contributed by atoms with Crippen LogP contribution in [0.5, 0.6) is 0 Å². The predicted molar refractivity (Wildman–Crippen MR) is 79.5 cm³/mol. The summed E-state index contributed by atoms with van der Waals surface area (Å²) in [5.74, 6) is 0.655. The first kappa shape index (κ1) is 13.2. The third-order valence-corrected chi connectivity index (χ3v) is 3.23. The lowest BCUT2D eigenvalue weighted by atomic mass is 10.0. The number of rotatable bonds is 4. The zero-order valence-corrected chi connectivity index (χ0v) is 11.9. The fourth-order valence-electron chi connectivity index (χ4n) is 2.07. The van der Waals surface area contributed by atoms with Crippen LogP contribution in [0.15, 0.2) is 30.3 Å². The first-order valence-electron chi connectivity index (χ1n) is 6.22. The monoisotopic (exact) mass is 262 g/mol. The summed E-state index contributed by atoms with van der Waals surface area (Å²) in [6.45, 7) is 6.35. The summed E-state index contributed by atoms with van der Waals surface area (Å²) in [5.41, 5.74) is 3.17. The molecule has 96 valence electrons. The molecule has 0 bridgehead atoms. The van der Waals surface area contributed by atoms with Crippen molar-refractivity contribution in [3.63, 3.8) is 0 Å². The Morgan fingerprint density at radius 2 is 2.00 bits per heavy atom. The highest BCUT2D eigenvalue weighted by Gasteiger charge is 2.17. The molecule has 1 aromatic heterocycles. The molecule has 0 amide bonds. The number of nitrogens with one attached hydrogen (secondary N) is 1. The topological polar surface area (TPSA) is 24.9 Å². The standard InChI is InChI=1S/C15H19ClN2/c1-11-10-14(18-15(2,3)8-9-16)12-6-4-5-7-13(12)17-11/h4-7,10H,8-9H2,1-3H3,(H,17,18). The van der Waals surface area contributed by atoms with E-state index in [4.69, 9.17) is 11.6 Å². The van der Waals surface area contributed by atoms with E-state index in [1.807, 2.05) is 25.1 Å². The van der Waals surface area contributed by atoms with E-state index in [9.17, 15) is 0 Å². The van der Waals surface area contributed by atoms with Crippen molar-refractivity contribution in [2.24, 2.45) is 0 Å². The highest BCUT2D eigenvalue weighted by Crippen LogP contribution is 2.27. The second kappa shape index (κ2) is 5.15. The Morgan fingerprint density at radius 1 is 1.28 bits per heavy atom. The molecular formula is C15H19ClN2. The Morgan fingerprint density at radius 3 is 2.72 bits per heavy atom. The van der Waals surface area contributed by atoms with Gasteiger partial charge in [-0.05, 0) is 39.3 Å². The molecule has 0 unspecified atom stereocenters. The van der Waals surface area contributed by atoms with Gasteiger partial charge in [-0.3, -0.25) is 4.98 Å². The molecule has 0 saturated heterocycles. The van der Waals surface area contributed by atoms with Gasteiger partial charge in [-0.15, -0.1) is 11.6 Å². The van der Waals surface area contributed by atoms with Crippen molar-refractivity contribution in [3.05, 3.63) is 36.0 Å². The zero-order chi connectivity index (χ0) is 13.2. The maximum atomic E-state index is 5.85. The van der Waals surface area contributed by atoms with Crippen LogP contribution < -0.4 is 5.32 Å². The summed E-state index contributed by atoms with van der Waals surface area (Å²) in [6.07, 6.45) is 0.921. The molecule has 0 saturated carbocycles. The second-order valence-electron chi connectivity index (χ2n) is 5.28. The van der Waals surface area contributed by atoms with Gasteiger partial charge in [-0.1, -0.05) is 18.2 Å². The van der Waals surface area contributed by atoms with Crippen molar-refractivity contribution < 1.29 is 0 Å². The van der Waals surface area contributed by atoms with E-state index in [0.29, 0.717) is 5.88 Å². The van der Waals surface area contributed by atoms with Gasteiger partial charge in [0, 0.05) is 28.2 Å². The molecular weight excluding hydrogens is 244 g/mol. The number of fused-ring (bicyclic) bond motifs is 1. The smallest absolute Gasteiger partial charge is 0.0725 e. The number of alkyl halides is 1. The highest BCUT2D eigenvalue weighted by molar-refractivity contribution is 6.17. The summed E-state index contributed by atoms with van der Waals surface area (Å²) in [7, 11) is 0. The number of aromatic nitrogens is 1. The summed E-state index contributed by atoms with van der Waals surface area (Å²) in [5, 5.41) is 4.74. The summed E-state index contributed by atoms with van der Waals surface area (Å²) in [6, 6.07) is 10.3. The quantitative estimate of drug-likeness (QED) is 0.828. The maximum Gasteiger partial charge on any atom is 0.0725 e. The van der Waals surface area contributed by atoms with E-state index < -0.39 is 0 Å². The first-order valence-corrected chi connectivity index (χ1v) is 6.76. The number of hydrogen-bond acceptors (Lipinski definition) is 2. The predicted octanol–water partition coefficient (Wildman–Crippen LogP) is 4.36. The average Bonchev–Trinajstić information content (AvgIpc) is 2.28. The van der Waals surface area contributed by atoms with Gasteiger partial charge in [0.25, 0.3) is 0 Å². The van der Waals surface area contributed by atoms with Crippen LogP contribution in [0, 0.1) is 6.92 Å². The minimum atomic E-state index is -0.0156. The number of hydrogen-bond donors (Lipinski definition) is 1. The second-order valence-corrected chi connectivity index (χ2v) is 5.65. The van der Waals surface area contributed by atoms with E-state index >= 15 is 0 Å². The van der Waals surface area contributed by atoms with Gasteiger partial charge < -0.3 is 5.32 Å². The molecule has 1 N–H and O–H groups in total. The molecule has 3 heteroatoms. The lowest BCUT2D eigenvalue weighted by molar-refractivity contribution is 0.551. The van der Waals surface area contributed by atoms with Crippen molar-refractivity contribution in [1.29, 1.82) is 0 Å². The van der Waals surface area contributed by atoms with Gasteiger partial charge in [-0.2, -0.15) is 0 Å². The molecule has 0 atom stereocenters. The van der Waals surface area contributed by atoms with E-state index in [-0.39, 0.29) is 5.54 Å². The molecule has 0 aliphatic heterocycles. The normalized spacial score (nSPS) is 11.8. The van der Waals surface area contributed by atoms with Crippen LogP contribution in [0.3, 0.4) is 0 Å². The number of para-hydroxylation sites is 1. The third kappa shape index (κ3) is 2.94. The van der Waals surface area contributed by atoms with Gasteiger partial charge in [0.05, 0.1) is 5.52 Å². The summed E-state index contributed by atoms with van der Waals surface area (Å²) >= 11 is 5.85. The van der Waals surface area contributed by atoms with Crippen LogP contribution in [0.1, 0.15) is 26.0 Å². The van der Waals surface area contributed by atoms with Crippen molar-refractivity contribution in [1.82, 2.24) is 4.98 Å². The van der Waals surface area contributed by atoms with Gasteiger partial charge in [0.1, 0.15) is 0 Å². The number of halogens is 1. The lowest BCUT2D eigenvalue weighted by Crippen LogP contribution is -2.31. The van der Waals surface area contributed by atoms with Crippen molar-refractivity contribution in [2.75, 3.05) is 11.2 Å². The molecule has 18 heavy (non-hydrogen) atoms. The van der Waals surface area contributed by atoms with E-state index in [1.54, 1.807) is 0 Å². The van der Waals surface area contributed by atoms with Gasteiger partial charge in [-0.25, -0.2) is 0 Å². The average molecular weight is 263 g/mol. The molecule has 2 aromatic rings. The van der Waals surface area contributed by atoms with Crippen LogP contribution in [0.4, 0.5) is 5.69 Å². The molecule has 2 nitrogen and oxygen atoms in total. The van der Waals surface area contributed by atoms with E-state index in [1.165, 1.54) is 0 Å². The van der Waals surface area contributed by atoms with Crippen LogP contribution in [0.2, 0.25) is 0 Å². The number of nitrogens with zero attached hydrogens (tertiary/aromatic N) is 1. The Kier molecular flexibility index (Phi) is 3.76. The Labute approximate surface area is 113 Å². The van der Waals surface area contributed by atoms with Crippen LogP contribution in [-0.4, -0.2) is 16.4 Å². The molecule has 2 rings (SSSR count). The molecule has 0 aliphatic rings. The largest absolute Gasteiger partial charge is 0.380 e. The number of aryl methyl sites for hydroxylation is 1. The first-order chi connectivity index (χ1) is 8.52. The molecule has 0 radical (unpaired) electrons. The Balaban J connectivity index is 2.44. The van der Waals surface area contributed by atoms with Gasteiger partial charge in [0.15, 0.2) is 0 Å². The summed E-state index contributed by atoms with van der Waals surface area (Å²) < 4.78 is 0. The SMILES string of the molecule is Cc1cc(NC(C)(C)CCCl)c2ccccc2n1.